The van der Waals surface area contributed by atoms with Gasteiger partial charge in [0.1, 0.15) is 16.6 Å². The van der Waals surface area contributed by atoms with Gasteiger partial charge in [0.05, 0.1) is 5.56 Å². The van der Waals surface area contributed by atoms with Gasteiger partial charge in [-0.1, -0.05) is 23.7 Å². The molecule has 0 bridgehead atoms. The highest BCUT2D eigenvalue weighted by Gasteiger charge is 2.30. The van der Waals surface area contributed by atoms with Crippen molar-refractivity contribution < 1.29 is 22.3 Å². The number of hydrogen-bond acceptors (Lipinski definition) is 5. The quantitative estimate of drug-likeness (QED) is 0.650. The summed E-state index contributed by atoms with van der Waals surface area (Å²) in [6.45, 7) is -0.172. The smallest absolute Gasteiger partial charge is 0.416 e. The average molecular weight is 356 g/mol. The van der Waals surface area contributed by atoms with Crippen molar-refractivity contribution in [1.29, 1.82) is 0 Å². The minimum atomic E-state index is -4.44. The number of benzene rings is 1. The first-order valence-corrected chi connectivity index (χ1v) is 7.05. The number of aromatic nitrogens is 3. The summed E-state index contributed by atoms with van der Waals surface area (Å²) in [5.41, 5.74) is -0.408. The Balaban J connectivity index is 1.70. The van der Waals surface area contributed by atoms with Gasteiger partial charge in [-0.25, -0.2) is 4.98 Å². The molecule has 2 heterocycles. The number of rotatable bonds is 4. The van der Waals surface area contributed by atoms with E-state index in [4.69, 9.17) is 20.8 Å². The summed E-state index contributed by atoms with van der Waals surface area (Å²) >= 11 is 5.78. The molecule has 1 aromatic carbocycles. The van der Waals surface area contributed by atoms with Crippen LogP contribution in [0.15, 0.2) is 46.9 Å². The number of alkyl halides is 3. The summed E-state index contributed by atoms with van der Waals surface area (Å²) in [4.78, 5) is 4.02. The lowest BCUT2D eigenvalue weighted by atomic mass is 10.2. The van der Waals surface area contributed by atoms with Gasteiger partial charge in [0.25, 0.3) is 11.8 Å². The Morgan fingerprint density at radius 2 is 1.88 bits per heavy atom. The lowest BCUT2D eigenvalue weighted by Gasteiger charge is -2.08. The minimum Gasteiger partial charge on any atom is -0.484 e. The van der Waals surface area contributed by atoms with Crippen molar-refractivity contribution in [2.24, 2.45) is 0 Å². The molecule has 0 unspecified atom stereocenters. The van der Waals surface area contributed by atoms with E-state index in [1.165, 1.54) is 12.1 Å². The Morgan fingerprint density at radius 3 is 2.62 bits per heavy atom. The topological polar surface area (TPSA) is 61.0 Å². The van der Waals surface area contributed by atoms with Crippen LogP contribution in [0.1, 0.15) is 11.5 Å². The van der Waals surface area contributed by atoms with E-state index in [0.717, 1.165) is 12.1 Å². The van der Waals surface area contributed by atoms with Crippen molar-refractivity contribution in [1.82, 2.24) is 15.2 Å². The highest BCUT2D eigenvalue weighted by molar-refractivity contribution is 6.29. The molecule has 0 fully saturated rings. The Bertz CT molecular complexity index is 852. The molecule has 3 rings (SSSR count). The molecule has 0 spiro atoms. The maximum absolute atomic E-state index is 12.6. The molecule has 5 nitrogen and oxygen atoms in total. The zero-order valence-corrected chi connectivity index (χ0v) is 12.7. The molecular formula is C15H9ClF3N3O2. The molecule has 0 saturated heterocycles. The summed E-state index contributed by atoms with van der Waals surface area (Å²) in [5.74, 6) is 0.287. The fourth-order valence-electron chi connectivity index (χ4n) is 1.85. The van der Waals surface area contributed by atoms with Gasteiger partial charge in [-0.3, -0.25) is 0 Å². The van der Waals surface area contributed by atoms with Gasteiger partial charge in [-0.05, 0) is 30.3 Å². The van der Waals surface area contributed by atoms with Crippen LogP contribution in [0.25, 0.3) is 11.6 Å². The second-order valence-electron chi connectivity index (χ2n) is 4.66. The van der Waals surface area contributed by atoms with Gasteiger partial charge < -0.3 is 9.15 Å². The molecule has 2 aromatic heterocycles. The molecule has 0 atom stereocenters. The SMILES string of the molecule is FC(F)(F)c1cccc(OCc2nnc(-c3cccc(Cl)n3)o2)c1. The highest BCUT2D eigenvalue weighted by atomic mass is 35.5. The van der Waals surface area contributed by atoms with Crippen LogP contribution < -0.4 is 4.74 Å². The third kappa shape index (κ3) is 3.83. The maximum Gasteiger partial charge on any atom is 0.416 e. The standard InChI is InChI=1S/C15H9ClF3N3O2/c16-12-6-2-5-11(20-12)14-22-21-13(24-14)8-23-10-4-1-3-9(7-10)15(17,18)19/h1-7H,8H2. The molecule has 3 aromatic rings. The molecule has 0 aliphatic heterocycles. The van der Waals surface area contributed by atoms with Crippen molar-refractivity contribution in [3.8, 4) is 17.3 Å². The van der Waals surface area contributed by atoms with Crippen molar-refractivity contribution in [3.05, 3.63) is 59.1 Å². The molecule has 0 amide bonds. The van der Waals surface area contributed by atoms with Crippen LogP contribution in [0.5, 0.6) is 5.75 Å². The van der Waals surface area contributed by atoms with E-state index in [1.807, 2.05) is 0 Å². The third-order valence-corrected chi connectivity index (χ3v) is 3.14. The van der Waals surface area contributed by atoms with Gasteiger partial charge in [-0.15, -0.1) is 10.2 Å². The number of ether oxygens (including phenoxy) is 1. The first-order chi connectivity index (χ1) is 11.4. The van der Waals surface area contributed by atoms with E-state index in [0.29, 0.717) is 5.69 Å². The number of hydrogen-bond donors (Lipinski definition) is 0. The van der Waals surface area contributed by atoms with E-state index in [1.54, 1.807) is 18.2 Å². The first kappa shape index (κ1) is 16.3. The number of halogens is 4. The van der Waals surface area contributed by atoms with Crippen molar-refractivity contribution in [2.45, 2.75) is 12.8 Å². The monoisotopic (exact) mass is 355 g/mol. The largest absolute Gasteiger partial charge is 0.484 e. The average Bonchev–Trinajstić information content (AvgIpc) is 3.01. The van der Waals surface area contributed by atoms with Crippen LogP contribution in [-0.4, -0.2) is 15.2 Å². The predicted octanol–water partition coefficient (Wildman–Crippen LogP) is 4.38. The van der Waals surface area contributed by atoms with Crippen LogP contribution in [-0.2, 0) is 12.8 Å². The molecule has 0 aliphatic carbocycles. The summed E-state index contributed by atoms with van der Waals surface area (Å²) in [6.07, 6.45) is -4.44. The lowest BCUT2D eigenvalue weighted by Crippen LogP contribution is -2.05. The minimum absolute atomic E-state index is 0.0467. The highest BCUT2D eigenvalue weighted by Crippen LogP contribution is 2.31. The fourth-order valence-corrected chi connectivity index (χ4v) is 2.01. The molecule has 0 saturated carbocycles. The lowest BCUT2D eigenvalue weighted by molar-refractivity contribution is -0.137. The molecule has 0 N–H and O–H groups in total. The molecular weight excluding hydrogens is 347 g/mol. The van der Waals surface area contributed by atoms with E-state index >= 15 is 0 Å². The van der Waals surface area contributed by atoms with E-state index < -0.39 is 11.7 Å². The van der Waals surface area contributed by atoms with Crippen LogP contribution in [0, 0.1) is 0 Å². The zero-order chi connectivity index (χ0) is 17.2. The first-order valence-electron chi connectivity index (χ1n) is 6.67. The van der Waals surface area contributed by atoms with Crippen LogP contribution >= 0.6 is 11.6 Å². The van der Waals surface area contributed by atoms with Crippen molar-refractivity contribution in [2.75, 3.05) is 0 Å². The number of pyridine rings is 1. The summed E-state index contributed by atoms with van der Waals surface area (Å²) in [7, 11) is 0. The van der Waals surface area contributed by atoms with Crippen LogP contribution in [0.3, 0.4) is 0 Å². The summed E-state index contributed by atoms with van der Waals surface area (Å²) in [5, 5.41) is 7.83. The van der Waals surface area contributed by atoms with E-state index in [2.05, 4.69) is 15.2 Å². The van der Waals surface area contributed by atoms with Crippen molar-refractivity contribution in [3.63, 3.8) is 0 Å². The molecule has 0 aliphatic rings. The maximum atomic E-state index is 12.6. The van der Waals surface area contributed by atoms with Crippen molar-refractivity contribution >= 4 is 11.6 Å². The Kier molecular flexibility index (Phi) is 4.39. The van der Waals surface area contributed by atoms with Gasteiger partial charge in [0.15, 0.2) is 6.61 Å². The zero-order valence-electron chi connectivity index (χ0n) is 11.9. The normalized spacial score (nSPS) is 11.5. The van der Waals surface area contributed by atoms with Gasteiger partial charge in [0.2, 0.25) is 0 Å². The van der Waals surface area contributed by atoms with Gasteiger partial charge in [-0.2, -0.15) is 13.2 Å². The Morgan fingerprint density at radius 1 is 1.08 bits per heavy atom. The fraction of sp³-hybridized carbons (Fsp3) is 0.133. The van der Waals surface area contributed by atoms with Crippen LogP contribution in [0.2, 0.25) is 5.15 Å². The van der Waals surface area contributed by atoms with E-state index in [9.17, 15) is 13.2 Å². The van der Waals surface area contributed by atoms with E-state index in [-0.39, 0.29) is 29.3 Å². The summed E-state index contributed by atoms with van der Waals surface area (Å²) in [6, 6.07) is 9.43. The number of nitrogens with zero attached hydrogens (tertiary/aromatic N) is 3. The second-order valence-corrected chi connectivity index (χ2v) is 5.05. The second kappa shape index (κ2) is 6.48. The predicted molar refractivity (Wildman–Crippen MR) is 78.3 cm³/mol. The summed E-state index contributed by atoms with van der Waals surface area (Å²) < 4.78 is 48.5. The Hall–Kier alpha value is -2.61. The molecule has 124 valence electrons. The van der Waals surface area contributed by atoms with Gasteiger partial charge in [0, 0.05) is 0 Å². The third-order valence-electron chi connectivity index (χ3n) is 2.92. The molecule has 0 radical (unpaired) electrons. The molecule has 24 heavy (non-hydrogen) atoms. The van der Waals surface area contributed by atoms with Crippen LogP contribution in [0.4, 0.5) is 13.2 Å². The molecule has 9 heteroatoms. The Labute approximate surface area is 139 Å². The van der Waals surface area contributed by atoms with Gasteiger partial charge >= 0.3 is 6.18 Å².